The quantitative estimate of drug-likeness (QED) is 0.674. The minimum absolute atomic E-state index is 0.0755. The molecule has 1 rings (SSSR count). The van der Waals surface area contributed by atoms with Crippen molar-refractivity contribution in [2.24, 2.45) is 0 Å². The van der Waals surface area contributed by atoms with Gasteiger partial charge in [0.2, 0.25) is 0 Å². The molecule has 0 aliphatic rings. The number of rotatable bonds is 6. The van der Waals surface area contributed by atoms with E-state index in [1.54, 1.807) is 0 Å². The highest BCUT2D eigenvalue weighted by Gasteiger charge is 2.09. The van der Waals surface area contributed by atoms with Crippen molar-refractivity contribution in [3.05, 3.63) is 23.8 Å². The van der Waals surface area contributed by atoms with E-state index >= 15 is 0 Å². The molecule has 0 aliphatic carbocycles. The van der Waals surface area contributed by atoms with Gasteiger partial charge in [0.05, 0.1) is 19.0 Å². The van der Waals surface area contributed by atoms with E-state index in [4.69, 9.17) is 9.84 Å². The predicted octanol–water partition coefficient (Wildman–Crippen LogP) is -0.0589. The highest BCUT2D eigenvalue weighted by molar-refractivity contribution is 5.92. The van der Waals surface area contributed by atoms with Gasteiger partial charge in [-0.1, -0.05) is 0 Å². The molecule has 1 aromatic heterocycles. The molecule has 92 valence electrons. The molecule has 0 aromatic carbocycles. The van der Waals surface area contributed by atoms with Gasteiger partial charge in [-0.3, -0.25) is 4.79 Å². The summed E-state index contributed by atoms with van der Waals surface area (Å²) in [5.41, 5.74) is -0.123. The van der Waals surface area contributed by atoms with E-state index in [0.717, 1.165) is 12.4 Å². The molecular formula is C10H13N3O4. The second-order valence-corrected chi connectivity index (χ2v) is 3.04. The van der Waals surface area contributed by atoms with Crippen LogP contribution < -0.4 is 5.32 Å². The first-order valence-electron chi connectivity index (χ1n) is 5.06. The smallest absolute Gasteiger partial charge is 0.356 e. The standard InChI is InChI=1S/C10H13N3O4/c1-2-17-4-3-11-9(14)7-5-13-8(6-12-7)10(15)16/h5-6H,2-4H2,1H3,(H,11,14)(H,15,16). The largest absolute Gasteiger partial charge is 0.476 e. The number of aromatic nitrogens is 2. The topological polar surface area (TPSA) is 101 Å². The lowest BCUT2D eigenvalue weighted by atomic mass is 10.4. The van der Waals surface area contributed by atoms with Gasteiger partial charge in [-0.15, -0.1) is 0 Å². The minimum atomic E-state index is -1.18. The third-order valence-electron chi connectivity index (χ3n) is 1.84. The molecule has 0 aliphatic heterocycles. The van der Waals surface area contributed by atoms with Crippen LogP contribution in [0.25, 0.3) is 0 Å². The van der Waals surface area contributed by atoms with Gasteiger partial charge in [0.1, 0.15) is 5.69 Å². The summed E-state index contributed by atoms with van der Waals surface area (Å²) in [5, 5.41) is 11.2. The second-order valence-electron chi connectivity index (χ2n) is 3.04. The van der Waals surface area contributed by atoms with E-state index in [0.29, 0.717) is 19.8 Å². The molecule has 0 spiro atoms. The first kappa shape index (κ1) is 13.0. The fraction of sp³-hybridized carbons (Fsp3) is 0.400. The second kappa shape index (κ2) is 6.54. The SMILES string of the molecule is CCOCCNC(=O)c1cnc(C(=O)O)cn1. The number of aromatic carboxylic acids is 1. The molecule has 1 heterocycles. The van der Waals surface area contributed by atoms with Crippen LogP contribution in [-0.2, 0) is 4.74 Å². The predicted molar refractivity (Wildman–Crippen MR) is 57.8 cm³/mol. The van der Waals surface area contributed by atoms with Crippen LogP contribution in [0.4, 0.5) is 0 Å². The molecule has 17 heavy (non-hydrogen) atoms. The lowest BCUT2D eigenvalue weighted by Crippen LogP contribution is -2.28. The van der Waals surface area contributed by atoms with Crippen LogP contribution >= 0.6 is 0 Å². The highest BCUT2D eigenvalue weighted by atomic mass is 16.5. The van der Waals surface area contributed by atoms with Crippen molar-refractivity contribution in [2.75, 3.05) is 19.8 Å². The number of nitrogens with zero attached hydrogens (tertiary/aromatic N) is 2. The minimum Gasteiger partial charge on any atom is -0.476 e. The van der Waals surface area contributed by atoms with Crippen LogP contribution in [0.5, 0.6) is 0 Å². The fourth-order valence-corrected chi connectivity index (χ4v) is 1.03. The summed E-state index contributed by atoms with van der Waals surface area (Å²) in [4.78, 5) is 29.3. The Labute approximate surface area is 97.8 Å². The van der Waals surface area contributed by atoms with Gasteiger partial charge >= 0.3 is 5.97 Å². The third-order valence-corrected chi connectivity index (χ3v) is 1.84. The number of carbonyl (C=O) groups is 2. The van der Waals surface area contributed by atoms with Crippen LogP contribution in [-0.4, -0.2) is 46.7 Å². The first-order valence-corrected chi connectivity index (χ1v) is 5.06. The molecule has 2 N–H and O–H groups in total. The van der Waals surface area contributed by atoms with E-state index in [2.05, 4.69) is 15.3 Å². The molecule has 0 bridgehead atoms. The summed E-state index contributed by atoms with van der Waals surface area (Å²) >= 11 is 0. The van der Waals surface area contributed by atoms with Crippen molar-refractivity contribution < 1.29 is 19.4 Å². The number of ether oxygens (including phenoxy) is 1. The van der Waals surface area contributed by atoms with Crippen LogP contribution in [0.3, 0.4) is 0 Å². The van der Waals surface area contributed by atoms with E-state index in [9.17, 15) is 9.59 Å². The Hall–Kier alpha value is -2.02. The molecule has 0 unspecified atom stereocenters. The Morgan fingerprint density at radius 1 is 1.35 bits per heavy atom. The van der Waals surface area contributed by atoms with Gasteiger partial charge in [-0.05, 0) is 6.92 Å². The number of carboxylic acids is 1. The molecular weight excluding hydrogens is 226 g/mol. The van der Waals surface area contributed by atoms with Gasteiger partial charge in [0.15, 0.2) is 5.69 Å². The number of carbonyl (C=O) groups excluding carboxylic acids is 1. The summed E-state index contributed by atoms with van der Waals surface area (Å²) in [7, 11) is 0. The number of carboxylic acid groups (broad SMARTS) is 1. The normalized spacial score (nSPS) is 9.94. The van der Waals surface area contributed by atoms with Gasteiger partial charge in [-0.25, -0.2) is 14.8 Å². The number of hydrogen-bond donors (Lipinski definition) is 2. The van der Waals surface area contributed by atoms with E-state index in [1.165, 1.54) is 0 Å². The Balaban J connectivity index is 2.49. The number of nitrogens with one attached hydrogen (secondary N) is 1. The van der Waals surface area contributed by atoms with Crippen molar-refractivity contribution in [1.29, 1.82) is 0 Å². The van der Waals surface area contributed by atoms with Crippen molar-refractivity contribution in [2.45, 2.75) is 6.92 Å². The highest BCUT2D eigenvalue weighted by Crippen LogP contribution is 1.95. The van der Waals surface area contributed by atoms with Crippen molar-refractivity contribution in [3.8, 4) is 0 Å². The maximum absolute atomic E-state index is 11.5. The third kappa shape index (κ3) is 4.15. The fourth-order valence-electron chi connectivity index (χ4n) is 1.03. The lowest BCUT2D eigenvalue weighted by molar-refractivity contribution is 0.0689. The van der Waals surface area contributed by atoms with E-state index in [1.807, 2.05) is 6.92 Å². The maximum Gasteiger partial charge on any atom is 0.356 e. The summed E-state index contributed by atoms with van der Waals surface area (Å²) in [6.45, 7) is 3.23. The van der Waals surface area contributed by atoms with Crippen LogP contribution in [0.2, 0.25) is 0 Å². The van der Waals surface area contributed by atoms with E-state index in [-0.39, 0.29) is 11.4 Å². The Kier molecular flexibility index (Phi) is 5.02. The molecule has 7 nitrogen and oxygen atoms in total. The van der Waals surface area contributed by atoms with Gasteiger partial charge in [0, 0.05) is 13.2 Å². The summed E-state index contributed by atoms with van der Waals surface area (Å²) in [5.74, 6) is -1.59. The van der Waals surface area contributed by atoms with Gasteiger partial charge in [0.25, 0.3) is 5.91 Å². The van der Waals surface area contributed by atoms with Crippen LogP contribution in [0.1, 0.15) is 27.9 Å². The zero-order valence-electron chi connectivity index (χ0n) is 9.34. The molecule has 0 fully saturated rings. The molecule has 0 saturated carbocycles. The van der Waals surface area contributed by atoms with Crippen LogP contribution in [0.15, 0.2) is 12.4 Å². The van der Waals surface area contributed by atoms with Crippen molar-refractivity contribution in [1.82, 2.24) is 15.3 Å². The lowest BCUT2D eigenvalue weighted by Gasteiger charge is -2.04. The van der Waals surface area contributed by atoms with Crippen molar-refractivity contribution in [3.63, 3.8) is 0 Å². The zero-order chi connectivity index (χ0) is 12.7. The van der Waals surface area contributed by atoms with E-state index < -0.39 is 11.9 Å². The zero-order valence-corrected chi connectivity index (χ0v) is 9.34. The molecule has 0 atom stereocenters. The Morgan fingerprint density at radius 2 is 2.00 bits per heavy atom. The summed E-state index contributed by atoms with van der Waals surface area (Å²) < 4.78 is 5.04. The summed E-state index contributed by atoms with van der Waals surface area (Å²) in [6, 6.07) is 0. The van der Waals surface area contributed by atoms with Gasteiger partial charge in [-0.2, -0.15) is 0 Å². The molecule has 7 heteroatoms. The molecule has 0 radical (unpaired) electrons. The van der Waals surface area contributed by atoms with Crippen molar-refractivity contribution >= 4 is 11.9 Å². The first-order chi connectivity index (χ1) is 8.15. The number of hydrogen-bond acceptors (Lipinski definition) is 5. The maximum atomic E-state index is 11.5. The molecule has 1 amide bonds. The Morgan fingerprint density at radius 3 is 2.53 bits per heavy atom. The average Bonchev–Trinajstić information content (AvgIpc) is 2.34. The van der Waals surface area contributed by atoms with Gasteiger partial charge < -0.3 is 15.2 Å². The summed E-state index contributed by atoms with van der Waals surface area (Å²) in [6.07, 6.45) is 2.17. The number of amides is 1. The van der Waals surface area contributed by atoms with Crippen LogP contribution in [0, 0.1) is 0 Å². The molecule has 0 saturated heterocycles. The molecule has 1 aromatic rings. The average molecular weight is 239 g/mol. The monoisotopic (exact) mass is 239 g/mol. The Bertz CT molecular complexity index is 391.